The summed E-state index contributed by atoms with van der Waals surface area (Å²) in [6, 6.07) is 11.9. The lowest BCUT2D eigenvalue weighted by atomic mass is 9.97. The summed E-state index contributed by atoms with van der Waals surface area (Å²) in [6.45, 7) is 10.3. The van der Waals surface area contributed by atoms with Crippen LogP contribution in [0.25, 0.3) is 12.2 Å². The van der Waals surface area contributed by atoms with Crippen LogP contribution in [0.15, 0.2) is 45.8 Å². The van der Waals surface area contributed by atoms with Crippen molar-refractivity contribution in [2.75, 3.05) is 18.4 Å². The van der Waals surface area contributed by atoms with Crippen molar-refractivity contribution in [3.8, 4) is 0 Å². The van der Waals surface area contributed by atoms with Crippen LogP contribution in [0.4, 0.5) is 5.69 Å². The van der Waals surface area contributed by atoms with Gasteiger partial charge in [-0.15, -0.1) is 0 Å². The molecule has 1 fully saturated rings. The Hall–Kier alpha value is -3.23. The van der Waals surface area contributed by atoms with Crippen LogP contribution in [0, 0.1) is 33.6 Å². The zero-order valence-corrected chi connectivity index (χ0v) is 23.0. The normalized spacial score (nSPS) is 15.4. The van der Waals surface area contributed by atoms with Gasteiger partial charge >= 0.3 is 0 Å². The highest BCUT2D eigenvalue weighted by Gasteiger charge is 2.36. The fourth-order valence-corrected chi connectivity index (χ4v) is 6.80. The minimum Gasteiger partial charge on any atom is -0.355 e. The van der Waals surface area contributed by atoms with Gasteiger partial charge in [0.2, 0.25) is 15.9 Å². The van der Waals surface area contributed by atoms with Gasteiger partial charge in [-0.3, -0.25) is 4.79 Å². The predicted molar refractivity (Wildman–Crippen MR) is 147 cm³/mol. The maximum absolute atomic E-state index is 13.6. The number of nitrogens with zero attached hydrogens (tertiary/aromatic N) is 2. The van der Waals surface area contributed by atoms with E-state index in [2.05, 4.69) is 29.5 Å². The largest absolute Gasteiger partial charge is 0.355 e. The monoisotopic (exact) mass is 521 g/mol. The van der Waals surface area contributed by atoms with E-state index in [1.807, 2.05) is 51.1 Å². The number of nitrogens with one attached hydrogen (secondary N) is 1. The summed E-state index contributed by atoms with van der Waals surface area (Å²) in [5.41, 5.74) is 6.65. The lowest BCUT2D eigenvalue weighted by Crippen LogP contribution is -2.41. The number of amides is 1. The van der Waals surface area contributed by atoms with Gasteiger partial charge in [0.25, 0.3) is 0 Å². The Morgan fingerprint density at radius 1 is 1.08 bits per heavy atom. The van der Waals surface area contributed by atoms with Crippen molar-refractivity contribution < 1.29 is 17.7 Å². The van der Waals surface area contributed by atoms with Crippen LogP contribution < -0.4 is 5.32 Å². The smallest absolute Gasteiger partial charge is 0.248 e. The minimum atomic E-state index is -3.84. The average Bonchev–Trinajstić information content (AvgIpc) is 3.24. The van der Waals surface area contributed by atoms with E-state index < -0.39 is 10.0 Å². The molecule has 1 aliphatic heterocycles. The summed E-state index contributed by atoms with van der Waals surface area (Å²) < 4.78 is 34.1. The third-order valence-corrected chi connectivity index (χ3v) is 9.11. The molecule has 0 unspecified atom stereocenters. The lowest BCUT2D eigenvalue weighted by molar-refractivity contribution is -0.120. The van der Waals surface area contributed by atoms with E-state index in [0.29, 0.717) is 18.5 Å². The molecule has 0 atom stereocenters. The molecule has 3 aromatic rings. The Morgan fingerprint density at radius 2 is 1.73 bits per heavy atom. The molecule has 0 aliphatic carbocycles. The molecule has 2 heterocycles. The second-order valence-electron chi connectivity index (χ2n) is 9.79. The standard InChI is InChI=1S/C29H35N3O4S/c1-6-23-9-7-8-10-26(23)30-29(33)24-13-15-32(16-14-24)37(34,35)28-22(5)31-36-27(28)12-11-25-20(3)17-19(2)18-21(25)4/h7-12,17-18,24H,6,13-16H2,1-5H3,(H,30,33). The molecule has 37 heavy (non-hydrogen) atoms. The van der Waals surface area contributed by atoms with Crippen molar-refractivity contribution in [1.29, 1.82) is 0 Å². The number of rotatable bonds is 7. The van der Waals surface area contributed by atoms with Gasteiger partial charge in [-0.25, -0.2) is 8.42 Å². The van der Waals surface area contributed by atoms with Crippen LogP contribution in [0.2, 0.25) is 0 Å². The van der Waals surface area contributed by atoms with Crippen LogP contribution in [0.5, 0.6) is 0 Å². The molecular formula is C29H35N3O4S. The van der Waals surface area contributed by atoms with E-state index in [0.717, 1.165) is 34.4 Å². The van der Waals surface area contributed by atoms with Crippen molar-refractivity contribution in [1.82, 2.24) is 9.46 Å². The number of hydrogen-bond acceptors (Lipinski definition) is 5. The van der Waals surface area contributed by atoms with E-state index in [1.165, 1.54) is 9.87 Å². The second-order valence-corrected chi connectivity index (χ2v) is 11.7. The predicted octanol–water partition coefficient (Wildman–Crippen LogP) is 5.68. The van der Waals surface area contributed by atoms with E-state index in [1.54, 1.807) is 13.0 Å². The number of aromatic nitrogens is 1. The highest BCUT2D eigenvalue weighted by Crippen LogP contribution is 2.30. The van der Waals surface area contributed by atoms with E-state index >= 15 is 0 Å². The molecule has 0 radical (unpaired) electrons. The average molecular weight is 522 g/mol. The van der Waals surface area contributed by atoms with Crippen molar-refractivity contribution in [2.24, 2.45) is 5.92 Å². The molecule has 0 saturated carbocycles. The maximum atomic E-state index is 13.6. The summed E-state index contributed by atoms with van der Waals surface area (Å²) in [5, 5.41) is 6.99. The molecule has 0 bridgehead atoms. The van der Waals surface area contributed by atoms with Crippen molar-refractivity contribution in [3.05, 3.63) is 75.7 Å². The fourth-order valence-electron chi connectivity index (χ4n) is 5.08. The summed E-state index contributed by atoms with van der Waals surface area (Å²) in [4.78, 5) is 13.0. The number of carbonyl (C=O) groups excluding carboxylic acids is 1. The SMILES string of the molecule is CCc1ccccc1NC(=O)C1CCN(S(=O)(=O)c2c(C)noc2C=Cc2c(C)cc(C)cc2C)CC1. The summed E-state index contributed by atoms with van der Waals surface area (Å²) in [7, 11) is -3.84. The Kier molecular flexibility index (Phi) is 7.99. The van der Waals surface area contributed by atoms with Crippen LogP contribution in [-0.4, -0.2) is 36.9 Å². The number of benzene rings is 2. The third-order valence-electron chi connectivity index (χ3n) is 7.05. The van der Waals surface area contributed by atoms with Crippen molar-refractivity contribution in [3.63, 3.8) is 0 Å². The third kappa shape index (κ3) is 5.70. The second kappa shape index (κ2) is 11.0. The Bertz CT molecular complexity index is 1410. The molecule has 4 rings (SSSR count). The molecule has 2 aromatic carbocycles. The first-order valence-electron chi connectivity index (χ1n) is 12.7. The van der Waals surface area contributed by atoms with Gasteiger partial charge in [-0.1, -0.05) is 54.1 Å². The molecule has 1 aromatic heterocycles. The maximum Gasteiger partial charge on any atom is 0.248 e. The van der Waals surface area contributed by atoms with Gasteiger partial charge in [0.1, 0.15) is 5.69 Å². The molecule has 1 aliphatic rings. The van der Waals surface area contributed by atoms with Crippen LogP contribution in [-0.2, 0) is 21.2 Å². The first-order valence-corrected chi connectivity index (χ1v) is 14.2. The number of anilines is 1. The number of sulfonamides is 1. The lowest BCUT2D eigenvalue weighted by Gasteiger charge is -2.30. The number of hydrogen-bond donors (Lipinski definition) is 1. The van der Waals surface area contributed by atoms with Gasteiger partial charge < -0.3 is 9.84 Å². The van der Waals surface area contributed by atoms with Gasteiger partial charge in [-0.2, -0.15) is 4.31 Å². The van der Waals surface area contributed by atoms with Crippen molar-refractivity contribution >= 4 is 33.8 Å². The van der Waals surface area contributed by atoms with Crippen LogP contribution >= 0.6 is 0 Å². The molecule has 1 N–H and O–H groups in total. The molecule has 0 spiro atoms. The van der Waals surface area contributed by atoms with Crippen molar-refractivity contribution in [2.45, 2.75) is 58.8 Å². The quantitative estimate of drug-likeness (QED) is 0.432. The number of piperidine rings is 1. The summed E-state index contributed by atoms with van der Waals surface area (Å²) in [6.07, 6.45) is 5.30. The minimum absolute atomic E-state index is 0.0634. The molecule has 196 valence electrons. The number of para-hydroxylation sites is 1. The molecule has 1 amide bonds. The number of carbonyl (C=O) groups is 1. The van der Waals surface area contributed by atoms with E-state index in [-0.39, 0.29) is 35.6 Å². The number of aryl methyl sites for hydroxylation is 5. The Labute approximate surface area is 219 Å². The molecule has 8 heteroatoms. The zero-order valence-electron chi connectivity index (χ0n) is 22.2. The zero-order chi connectivity index (χ0) is 26.7. The van der Waals surface area contributed by atoms with Gasteiger partial charge in [-0.05, 0) is 81.4 Å². The molecule has 1 saturated heterocycles. The fraction of sp³-hybridized carbons (Fsp3) is 0.379. The Morgan fingerprint density at radius 3 is 2.38 bits per heavy atom. The van der Waals surface area contributed by atoms with Crippen LogP contribution in [0.3, 0.4) is 0 Å². The Balaban J connectivity index is 1.48. The van der Waals surface area contributed by atoms with Gasteiger partial charge in [0, 0.05) is 24.7 Å². The first kappa shape index (κ1) is 26.8. The molecule has 7 nitrogen and oxygen atoms in total. The molecular weight excluding hydrogens is 486 g/mol. The summed E-state index contributed by atoms with van der Waals surface area (Å²) in [5.74, 6) is -0.0914. The topological polar surface area (TPSA) is 92.5 Å². The first-order chi connectivity index (χ1) is 17.6. The van der Waals surface area contributed by atoms with Gasteiger partial charge in [0.05, 0.1) is 0 Å². The van der Waals surface area contributed by atoms with Gasteiger partial charge in [0.15, 0.2) is 10.7 Å². The van der Waals surface area contributed by atoms with Crippen LogP contribution in [0.1, 0.15) is 59.0 Å². The summed E-state index contributed by atoms with van der Waals surface area (Å²) >= 11 is 0. The highest BCUT2D eigenvalue weighted by molar-refractivity contribution is 7.89. The van der Waals surface area contributed by atoms with E-state index in [4.69, 9.17) is 4.52 Å². The highest BCUT2D eigenvalue weighted by atomic mass is 32.2. The van der Waals surface area contributed by atoms with E-state index in [9.17, 15) is 13.2 Å².